The van der Waals surface area contributed by atoms with Crippen LogP contribution in [0.2, 0.25) is 0 Å². The molecule has 23 heavy (non-hydrogen) atoms. The van der Waals surface area contributed by atoms with Crippen LogP contribution in [0.4, 0.5) is 4.79 Å². The van der Waals surface area contributed by atoms with Crippen LogP contribution in [-0.2, 0) is 4.74 Å². The number of likely N-dealkylation sites (tertiary alicyclic amines) is 1. The van der Waals surface area contributed by atoms with Crippen molar-refractivity contribution in [2.45, 2.75) is 83.1 Å². The maximum atomic E-state index is 12.7. The smallest absolute Gasteiger partial charge is 0.317 e. The molecule has 1 N–H and O–H groups in total. The highest BCUT2D eigenvalue weighted by molar-refractivity contribution is 5.75. The summed E-state index contributed by atoms with van der Waals surface area (Å²) >= 11 is 0. The fourth-order valence-corrected chi connectivity index (χ4v) is 4.53. The molecule has 5 nitrogen and oxygen atoms in total. The van der Waals surface area contributed by atoms with Crippen molar-refractivity contribution in [3.8, 4) is 0 Å². The highest BCUT2D eigenvalue weighted by Gasteiger charge is 2.33. The monoisotopic (exact) mass is 323 g/mol. The number of carbonyl (C=O) groups is 1. The predicted octanol–water partition coefficient (Wildman–Crippen LogP) is 2.60. The average Bonchev–Trinajstić information content (AvgIpc) is 2.95. The minimum atomic E-state index is 0.175. The van der Waals surface area contributed by atoms with E-state index >= 15 is 0 Å². The van der Waals surface area contributed by atoms with Crippen LogP contribution >= 0.6 is 0 Å². The molecule has 3 rings (SSSR count). The van der Waals surface area contributed by atoms with E-state index < -0.39 is 0 Å². The zero-order chi connectivity index (χ0) is 16.2. The number of nitrogens with zero attached hydrogens (tertiary/aromatic N) is 2. The van der Waals surface area contributed by atoms with Crippen molar-refractivity contribution in [3.63, 3.8) is 0 Å². The van der Waals surface area contributed by atoms with Crippen LogP contribution in [0.3, 0.4) is 0 Å². The number of hydrogen-bond acceptors (Lipinski definition) is 3. The Balaban J connectivity index is 1.51. The van der Waals surface area contributed by atoms with Crippen molar-refractivity contribution in [1.29, 1.82) is 0 Å². The summed E-state index contributed by atoms with van der Waals surface area (Å²) in [5.74, 6) is 0. The number of hydrogen-bond donors (Lipinski definition) is 1. The Labute approximate surface area is 140 Å². The Morgan fingerprint density at radius 2 is 1.74 bits per heavy atom. The van der Waals surface area contributed by atoms with Crippen LogP contribution in [0.25, 0.3) is 0 Å². The molecule has 132 valence electrons. The number of amides is 2. The fraction of sp³-hybridized carbons (Fsp3) is 0.944. The third-order valence-electron chi connectivity index (χ3n) is 5.53. The van der Waals surface area contributed by atoms with Crippen LogP contribution in [0.15, 0.2) is 0 Å². The number of rotatable bonds is 3. The fourth-order valence-electron chi connectivity index (χ4n) is 4.53. The van der Waals surface area contributed by atoms with Gasteiger partial charge in [0.05, 0.1) is 12.2 Å². The van der Waals surface area contributed by atoms with Crippen molar-refractivity contribution >= 4 is 6.03 Å². The van der Waals surface area contributed by atoms with Crippen molar-refractivity contribution in [2.75, 3.05) is 26.2 Å². The van der Waals surface area contributed by atoms with E-state index in [9.17, 15) is 4.79 Å². The molecular formula is C18H33N3O2. The van der Waals surface area contributed by atoms with Crippen LogP contribution in [0.5, 0.6) is 0 Å². The van der Waals surface area contributed by atoms with Gasteiger partial charge < -0.3 is 15.0 Å². The molecule has 5 heteroatoms. The minimum absolute atomic E-state index is 0.175. The maximum absolute atomic E-state index is 12.7. The van der Waals surface area contributed by atoms with Crippen molar-refractivity contribution < 1.29 is 9.53 Å². The summed E-state index contributed by atoms with van der Waals surface area (Å²) in [4.78, 5) is 17.2. The Kier molecular flexibility index (Phi) is 5.81. The summed E-state index contributed by atoms with van der Waals surface area (Å²) in [5, 5.41) is 3.29. The Morgan fingerprint density at radius 3 is 2.43 bits per heavy atom. The number of nitrogens with one attached hydrogen (secondary N) is 1. The predicted molar refractivity (Wildman–Crippen MR) is 91.6 cm³/mol. The van der Waals surface area contributed by atoms with Crippen LogP contribution < -0.4 is 5.32 Å². The van der Waals surface area contributed by atoms with E-state index in [0.29, 0.717) is 24.3 Å². The van der Waals surface area contributed by atoms with Crippen molar-refractivity contribution in [1.82, 2.24) is 15.1 Å². The van der Waals surface area contributed by atoms with Gasteiger partial charge in [-0.25, -0.2) is 4.79 Å². The summed E-state index contributed by atoms with van der Waals surface area (Å²) in [5.41, 5.74) is 0. The topological polar surface area (TPSA) is 44.8 Å². The average molecular weight is 323 g/mol. The molecule has 0 unspecified atom stereocenters. The van der Waals surface area contributed by atoms with Gasteiger partial charge in [0.1, 0.15) is 0 Å². The molecule has 2 aliphatic heterocycles. The number of carbonyl (C=O) groups excluding carboxylic acids is 1. The largest absolute Gasteiger partial charge is 0.373 e. The van der Waals surface area contributed by atoms with E-state index in [1.54, 1.807) is 0 Å². The first kappa shape index (κ1) is 17.0. The summed E-state index contributed by atoms with van der Waals surface area (Å²) in [6.07, 6.45) is 9.03. The second-order valence-corrected chi connectivity index (χ2v) is 7.75. The van der Waals surface area contributed by atoms with Crippen molar-refractivity contribution in [3.05, 3.63) is 0 Å². The van der Waals surface area contributed by atoms with E-state index in [1.165, 1.54) is 19.3 Å². The van der Waals surface area contributed by atoms with Gasteiger partial charge in [0.15, 0.2) is 0 Å². The third kappa shape index (κ3) is 4.60. The Morgan fingerprint density at radius 1 is 1.04 bits per heavy atom. The molecule has 0 radical (unpaired) electrons. The molecule has 2 heterocycles. The zero-order valence-corrected chi connectivity index (χ0v) is 14.8. The van der Waals surface area contributed by atoms with Crippen LogP contribution in [-0.4, -0.2) is 66.3 Å². The normalized spacial score (nSPS) is 33.8. The Bertz CT molecular complexity index is 388. The van der Waals surface area contributed by atoms with Gasteiger partial charge in [-0.3, -0.25) is 4.90 Å². The number of ether oxygens (including phenoxy) is 1. The first-order chi connectivity index (χ1) is 11.1. The first-order valence-electron chi connectivity index (χ1n) is 9.57. The van der Waals surface area contributed by atoms with Gasteiger partial charge in [0, 0.05) is 38.3 Å². The molecule has 3 atom stereocenters. The van der Waals surface area contributed by atoms with E-state index in [4.69, 9.17) is 4.74 Å². The van der Waals surface area contributed by atoms with E-state index in [0.717, 1.165) is 51.9 Å². The molecule has 2 amide bonds. The SMILES string of the molecule is C[C@@H]1CN(C[C@H]2CCCN2C(=O)NC2CCCCC2)C[C@H](C)O1. The maximum Gasteiger partial charge on any atom is 0.317 e. The standard InChI is InChI=1S/C18H33N3O2/c1-14-11-20(12-15(2)23-14)13-17-9-6-10-21(17)18(22)19-16-7-4-3-5-8-16/h14-17H,3-13H2,1-2H3,(H,19,22)/t14-,15+,17-/m1/s1. The van der Waals surface area contributed by atoms with Gasteiger partial charge >= 0.3 is 6.03 Å². The second-order valence-electron chi connectivity index (χ2n) is 7.75. The van der Waals surface area contributed by atoms with Gasteiger partial charge in [0.2, 0.25) is 0 Å². The zero-order valence-electron chi connectivity index (χ0n) is 14.8. The molecule has 1 aliphatic carbocycles. The molecule has 0 aromatic rings. The lowest BCUT2D eigenvalue weighted by Crippen LogP contribution is -2.53. The van der Waals surface area contributed by atoms with Gasteiger partial charge in [-0.1, -0.05) is 19.3 Å². The third-order valence-corrected chi connectivity index (χ3v) is 5.53. The first-order valence-corrected chi connectivity index (χ1v) is 9.57. The number of morpholine rings is 1. The molecule has 0 bridgehead atoms. The Hall–Kier alpha value is -0.810. The highest BCUT2D eigenvalue weighted by atomic mass is 16.5. The van der Waals surface area contributed by atoms with E-state index in [-0.39, 0.29) is 6.03 Å². The van der Waals surface area contributed by atoms with Gasteiger partial charge in [0.25, 0.3) is 0 Å². The van der Waals surface area contributed by atoms with Gasteiger partial charge in [-0.2, -0.15) is 0 Å². The lowest BCUT2D eigenvalue weighted by atomic mass is 9.96. The molecule has 3 fully saturated rings. The minimum Gasteiger partial charge on any atom is -0.373 e. The summed E-state index contributed by atoms with van der Waals surface area (Å²) in [7, 11) is 0. The van der Waals surface area contributed by atoms with Gasteiger partial charge in [-0.15, -0.1) is 0 Å². The van der Waals surface area contributed by atoms with Crippen LogP contribution in [0.1, 0.15) is 58.8 Å². The summed E-state index contributed by atoms with van der Waals surface area (Å²) < 4.78 is 5.82. The van der Waals surface area contributed by atoms with E-state index in [1.807, 2.05) is 0 Å². The molecule has 0 aromatic carbocycles. The van der Waals surface area contributed by atoms with Gasteiger partial charge in [-0.05, 0) is 39.5 Å². The summed E-state index contributed by atoms with van der Waals surface area (Å²) in [6, 6.07) is 0.950. The van der Waals surface area contributed by atoms with E-state index in [2.05, 4.69) is 29.0 Å². The van der Waals surface area contributed by atoms with Crippen molar-refractivity contribution in [2.24, 2.45) is 0 Å². The molecule has 1 saturated carbocycles. The highest BCUT2D eigenvalue weighted by Crippen LogP contribution is 2.22. The summed E-state index contributed by atoms with van der Waals surface area (Å²) in [6.45, 7) is 8.17. The molecule has 0 aromatic heterocycles. The van der Waals surface area contributed by atoms with Crippen LogP contribution in [0, 0.1) is 0 Å². The molecular weight excluding hydrogens is 290 g/mol. The molecule has 2 saturated heterocycles. The number of urea groups is 1. The lowest BCUT2D eigenvalue weighted by molar-refractivity contribution is -0.0713. The second kappa shape index (κ2) is 7.84. The lowest BCUT2D eigenvalue weighted by Gasteiger charge is -2.38. The molecule has 0 spiro atoms. The molecule has 3 aliphatic rings. The quantitative estimate of drug-likeness (QED) is 0.868.